The van der Waals surface area contributed by atoms with Crippen molar-refractivity contribution in [1.29, 1.82) is 0 Å². The van der Waals surface area contributed by atoms with Gasteiger partial charge in [0.2, 0.25) is 0 Å². The average Bonchev–Trinajstić information content (AvgIpc) is 2.94. The van der Waals surface area contributed by atoms with Crippen molar-refractivity contribution >= 4 is 66.3 Å². The molecule has 218 valence electrons. The van der Waals surface area contributed by atoms with Crippen LogP contribution in [-0.2, 0) is 20.2 Å². The zero-order valence-electron chi connectivity index (χ0n) is 21.4. The molecule has 4 aromatic rings. The number of hydrogen-bond donors (Lipinski definition) is 4. The number of ketones is 4. The number of nitrogens with two attached hydrogens (primary N) is 2. The number of nitrogen functional groups attached to an aromatic ring is 2. The van der Waals surface area contributed by atoms with Crippen LogP contribution in [0.4, 0.5) is 11.4 Å². The summed E-state index contributed by atoms with van der Waals surface area (Å²) in [6.45, 7) is 0. The number of benzene rings is 4. The van der Waals surface area contributed by atoms with Gasteiger partial charge in [0.05, 0.1) is 33.1 Å². The number of rotatable bonds is 2. The lowest BCUT2D eigenvalue weighted by atomic mass is 9.83. The van der Waals surface area contributed by atoms with Gasteiger partial charge in [-0.05, 0) is 18.2 Å². The Morgan fingerprint density at radius 2 is 0.907 bits per heavy atom. The first-order valence-electron chi connectivity index (χ1n) is 11.9. The van der Waals surface area contributed by atoms with Crippen LogP contribution in [-0.4, -0.2) is 49.1 Å². The molecule has 4 aromatic carbocycles. The number of carbonyl (C=O) groups excluding carboxylic acids is 4. The van der Waals surface area contributed by atoms with Crippen LogP contribution in [0, 0.1) is 0 Å². The molecule has 12 nitrogen and oxygen atoms in total. The molecule has 0 saturated carbocycles. The fourth-order valence-electron chi connectivity index (χ4n) is 4.88. The van der Waals surface area contributed by atoms with Crippen molar-refractivity contribution in [3.8, 4) is 0 Å². The maximum absolute atomic E-state index is 12.5. The molecule has 0 bridgehead atoms. The number of carbonyl (C=O) groups is 4. The fourth-order valence-corrected chi connectivity index (χ4v) is 6.50. The van der Waals surface area contributed by atoms with Gasteiger partial charge < -0.3 is 11.5 Å². The van der Waals surface area contributed by atoms with Crippen molar-refractivity contribution in [2.45, 2.75) is 9.79 Å². The number of halogens is 1. The minimum absolute atomic E-state index is 0.0311. The predicted molar refractivity (Wildman–Crippen MR) is 153 cm³/mol. The molecule has 0 spiro atoms. The molecule has 0 heterocycles. The van der Waals surface area contributed by atoms with Gasteiger partial charge in [-0.3, -0.25) is 28.3 Å². The maximum atomic E-state index is 12.5. The van der Waals surface area contributed by atoms with Crippen LogP contribution >= 0.6 is 11.6 Å². The first-order chi connectivity index (χ1) is 20.1. The molecule has 15 heteroatoms. The summed E-state index contributed by atoms with van der Waals surface area (Å²) in [5.41, 5.74) is 10.5. The molecule has 0 amide bonds. The first kappa shape index (κ1) is 29.8. The Balaban J connectivity index is 0.000000171. The highest BCUT2D eigenvalue weighted by molar-refractivity contribution is 7.86. The van der Waals surface area contributed by atoms with E-state index in [1.807, 2.05) is 0 Å². The minimum atomic E-state index is -4.68. The second kappa shape index (κ2) is 10.2. The van der Waals surface area contributed by atoms with Crippen LogP contribution in [0.1, 0.15) is 63.7 Å². The molecule has 2 aliphatic rings. The molecular formula is C28H17ClN2O10S2. The van der Waals surface area contributed by atoms with Crippen molar-refractivity contribution in [2.75, 3.05) is 11.5 Å². The third-order valence-electron chi connectivity index (χ3n) is 6.80. The van der Waals surface area contributed by atoms with Crippen LogP contribution in [0.2, 0.25) is 5.02 Å². The minimum Gasteiger partial charge on any atom is -0.397 e. The van der Waals surface area contributed by atoms with Gasteiger partial charge in [-0.1, -0.05) is 60.1 Å². The van der Waals surface area contributed by atoms with E-state index >= 15 is 0 Å². The highest BCUT2D eigenvalue weighted by Crippen LogP contribution is 2.39. The Morgan fingerprint density at radius 1 is 0.512 bits per heavy atom. The maximum Gasteiger partial charge on any atom is 0.296 e. The summed E-state index contributed by atoms with van der Waals surface area (Å²) in [6, 6.07) is 15.4. The van der Waals surface area contributed by atoms with E-state index in [1.165, 1.54) is 30.3 Å². The Hall–Kier alpha value is -4.73. The van der Waals surface area contributed by atoms with E-state index < -0.39 is 64.5 Å². The summed E-state index contributed by atoms with van der Waals surface area (Å²) in [6.07, 6.45) is 0. The largest absolute Gasteiger partial charge is 0.397 e. The average molecular weight is 641 g/mol. The molecule has 6 N–H and O–H groups in total. The quantitative estimate of drug-likeness (QED) is 0.158. The van der Waals surface area contributed by atoms with Gasteiger partial charge in [-0.15, -0.1) is 0 Å². The van der Waals surface area contributed by atoms with Crippen LogP contribution in [0.15, 0.2) is 76.5 Å². The second-order valence-corrected chi connectivity index (χ2v) is 12.5. The molecule has 6 rings (SSSR count). The lowest BCUT2D eigenvalue weighted by Gasteiger charge is -2.21. The third kappa shape index (κ3) is 4.80. The highest BCUT2D eigenvalue weighted by Gasteiger charge is 2.36. The van der Waals surface area contributed by atoms with Crippen molar-refractivity contribution in [3.63, 3.8) is 0 Å². The van der Waals surface area contributed by atoms with Gasteiger partial charge in [0.25, 0.3) is 20.2 Å². The molecule has 0 saturated heterocycles. The topological polar surface area (TPSA) is 229 Å². The molecular weight excluding hydrogens is 624 g/mol. The van der Waals surface area contributed by atoms with Crippen LogP contribution in [0.5, 0.6) is 0 Å². The monoisotopic (exact) mass is 640 g/mol. The first-order valence-corrected chi connectivity index (χ1v) is 15.2. The number of hydrogen-bond acceptors (Lipinski definition) is 10. The van der Waals surface area contributed by atoms with E-state index in [1.54, 1.807) is 24.3 Å². The molecule has 2 aliphatic carbocycles. The fraction of sp³-hybridized carbons (Fsp3) is 0. The SMILES string of the molecule is Nc1c(S(=O)(=O)O)cc(Cl)c2c1C(=O)c1ccccc1C2=O.Nc1c(S(=O)(=O)O)ccc2c1C(=O)c1ccccc1C2=O. The number of anilines is 2. The zero-order chi connectivity index (χ0) is 31.6. The summed E-state index contributed by atoms with van der Waals surface area (Å²) >= 11 is 5.95. The van der Waals surface area contributed by atoms with Gasteiger partial charge in [0.1, 0.15) is 9.79 Å². The van der Waals surface area contributed by atoms with E-state index in [4.69, 9.17) is 27.6 Å². The van der Waals surface area contributed by atoms with Gasteiger partial charge >= 0.3 is 0 Å². The molecule has 0 aromatic heterocycles. The Bertz CT molecular complexity index is 2190. The van der Waals surface area contributed by atoms with E-state index in [-0.39, 0.29) is 49.5 Å². The van der Waals surface area contributed by atoms with Gasteiger partial charge in [0.15, 0.2) is 23.1 Å². The summed E-state index contributed by atoms with van der Waals surface area (Å²) in [5.74, 6) is -2.09. The zero-order valence-corrected chi connectivity index (χ0v) is 23.7. The summed E-state index contributed by atoms with van der Waals surface area (Å²) in [5, 5.41) is -0.260. The molecule has 0 unspecified atom stereocenters. The summed E-state index contributed by atoms with van der Waals surface area (Å²) in [4.78, 5) is 48.5. The smallest absolute Gasteiger partial charge is 0.296 e. The van der Waals surface area contributed by atoms with Gasteiger partial charge in [-0.25, -0.2) is 0 Å². The molecule has 0 radical (unpaired) electrons. The summed E-state index contributed by atoms with van der Waals surface area (Å²) in [7, 11) is -9.25. The molecule has 0 fully saturated rings. The normalized spacial score (nSPS) is 13.7. The van der Waals surface area contributed by atoms with Gasteiger partial charge in [0, 0.05) is 27.8 Å². The van der Waals surface area contributed by atoms with Crippen LogP contribution < -0.4 is 11.5 Å². The predicted octanol–water partition coefficient (Wildman–Crippen LogP) is 3.24. The molecule has 0 atom stereocenters. The second-order valence-electron chi connectivity index (χ2n) is 9.28. The van der Waals surface area contributed by atoms with Crippen LogP contribution in [0.3, 0.4) is 0 Å². The standard InChI is InChI=1S/C14H8ClNO5S.C14H9NO5S/c15-8-5-9(22(19,20)21)12(16)11-10(8)13(17)6-3-1-2-4-7(6)14(11)18;15-12-10(21(18,19)20)6-5-9-11(12)14(17)8-4-2-1-3-7(8)13(9)16/h1-5H,16H2,(H,19,20,21);1-6H,15H2,(H,18,19,20). The molecule has 0 aliphatic heterocycles. The number of fused-ring (bicyclic) bond motifs is 4. The van der Waals surface area contributed by atoms with E-state index in [0.717, 1.165) is 12.1 Å². The van der Waals surface area contributed by atoms with Crippen molar-refractivity contribution in [2.24, 2.45) is 0 Å². The van der Waals surface area contributed by atoms with E-state index in [9.17, 15) is 40.6 Å². The van der Waals surface area contributed by atoms with Crippen molar-refractivity contribution in [3.05, 3.63) is 116 Å². The Labute approximate surface area is 248 Å². The third-order valence-corrected chi connectivity index (χ3v) is 8.90. The van der Waals surface area contributed by atoms with Crippen molar-refractivity contribution < 1.29 is 45.1 Å². The highest BCUT2D eigenvalue weighted by atomic mass is 35.5. The Kier molecular flexibility index (Phi) is 7.07. The Morgan fingerprint density at radius 3 is 1.37 bits per heavy atom. The van der Waals surface area contributed by atoms with Gasteiger partial charge in [-0.2, -0.15) is 16.8 Å². The van der Waals surface area contributed by atoms with Crippen LogP contribution in [0.25, 0.3) is 0 Å². The lowest BCUT2D eigenvalue weighted by molar-refractivity contribution is 0.0979. The van der Waals surface area contributed by atoms with Crippen molar-refractivity contribution in [1.82, 2.24) is 0 Å². The van der Waals surface area contributed by atoms with E-state index in [0.29, 0.717) is 0 Å². The lowest BCUT2D eigenvalue weighted by Crippen LogP contribution is -2.24. The summed E-state index contributed by atoms with van der Waals surface area (Å²) < 4.78 is 63.5. The molecule has 43 heavy (non-hydrogen) atoms. The van der Waals surface area contributed by atoms with E-state index in [2.05, 4.69) is 0 Å².